The van der Waals surface area contributed by atoms with Crippen LogP contribution >= 0.6 is 0 Å². The molecule has 1 aliphatic rings. The van der Waals surface area contributed by atoms with Crippen LogP contribution in [0, 0.1) is 13.8 Å². The van der Waals surface area contributed by atoms with Gasteiger partial charge in [0.2, 0.25) is 0 Å². The van der Waals surface area contributed by atoms with E-state index in [1.54, 1.807) is 16.9 Å². The molecule has 112 valence electrons. The van der Waals surface area contributed by atoms with E-state index < -0.39 is 0 Å². The zero-order valence-corrected chi connectivity index (χ0v) is 13.7. The first-order valence-electron chi connectivity index (χ1n) is 7.79. The molecular formula is C17H30N2O+2. The van der Waals surface area contributed by atoms with Crippen LogP contribution in [0.4, 0.5) is 0 Å². The summed E-state index contributed by atoms with van der Waals surface area (Å²) in [5, 5.41) is 0. The van der Waals surface area contributed by atoms with Crippen LogP contribution in [0.15, 0.2) is 12.1 Å². The number of hydrogen-bond acceptors (Lipinski definition) is 1. The Balaban J connectivity index is 2.04. The molecule has 3 nitrogen and oxygen atoms in total. The standard InChI is InChI=1S/C17H28N2O/c1-13-14(2)17(20-5)7-6-15(13)12-19(4)16-8-10-18(3)11-9-16/h6-7,16H,8-12H2,1-5H3/p+2. The van der Waals surface area contributed by atoms with E-state index in [-0.39, 0.29) is 0 Å². The van der Waals surface area contributed by atoms with E-state index in [1.165, 1.54) is 42.6 Å². The number of quaternary nitrogens is 2. The third-order valence-electron chi connectivity index (χ3n) is 5.07. The first-order valence-corrected chi connectivity index (χ1v) is 7.79. The summed E-state index contributed by atoms with van der Waals surface area (Å²) < 4.78 is 5.40. The molecule has 1 unspecified atom stereocenters. The SMILES string of the molecule is COc1ccc(C[NH+](C)C2CC[NH+](C)CC2)c(C)c1C. The van der Waals surface area contributed by atoms with Crippen LogP contribution in [-0.4, -0.2) is 40.3 Å². The minimum atomic E-state index is 0.820. The van der Waals surface area contributed by atoms with Crippen molar-refractivity contribution in [2.75, 3.05) is 34.3 Å². The van der Waals surface area contributed by atoms with E-state index in [1.807, 2.05) is 0 Å². The first-order chi connectivity index (χ1) is 9.52. The van der Waals surface area contributed by atoms with Crippen LogP contribution in [-0.2, 0) is 6.54 Å². The zero-order chi connectivity index (χ0) is 14.7. The molecule has 1 aliphatic heterocycles. The van der Waals surface area contributed by atoms with Crippen molar-refractivity contribution in [3.63, 3.8) is 0 Å². The fraction of sp³-hybridized carbons (Fsp3) is 0.647. The van der Waals surface area contributed by atoms with Crippen molar-refractivity contribution in [3.05, 3.63) is 28.8 Å². The molecule has 0 saturated carbocycles. The van der Waals surface area contributed by atoms with E-state index in [0.29, 0.717) is 0 Å². The Morgan fingerprint density at radius 1 is 1.20 bits per heavy atom. The van der Waals surface area contributed by atoms with Gasteiger partial charge in [0, 0.05) is 18.4 Å². The molecule has 1 saturated heterocycles. The van der Waals surface area contributed by atoms with Gasteiger partial charge in [-0.3, -0.25) is 0 Å². The van der Waals surface area contributed by atoms with Gasteiger partial charge >= 0.3 is 0 Å². The molecule has 1 aromatic rings. The molecule has 1 atom stereocenters. The highest BCUT2D eigenvalue weighted by molar-refractivity contribution is 5.43. The molecule has 1 fully saturated rings. The van der Waals surface area contributed by atoms with E-state index in [9.17, 15) is 0 Å². The van der Waals surface area contributed by atoms with Crippen molar-refractivity contribution in [1.29, 1.82) is 0 Å². The Morgan fingerprint density at radius 3 is 2.45 bits per heavy atom. The van der Waals surface area contributed by atoms with Crippen molar-refractivity contribution in [1.82, 2.24) is 0 Å². The summed E-state index contributed by atoms with van der Waals surface area (Å²) in [6, 6.07) is 5.18. The van der Waals surface area contributed by atoms with Crippen LogP contribution < -0.4 is 14.5 Å². The van der Waals surface area contributed by atoms with Crippen molar-refractivity contribution in [2.24, 2.45) is 0 Å². The number of nitrogens with one attached hydrogen (secondary N) is 2. The van der Waals surface area contributed by atoms with E-state index in [4.69, 9.17) is 4.74 Å². The summed E-state index contributed by atoms with van der Waals surface area (Å²) in [4.78, 5) is 3.34. The van der Waals surface area contributed by atoms with Gasteiger partial charge in [-0.15, -0.1) is 0 Å². The van der Waals surface area contributed by atoms with Crippen molar-refractivity contribution >= 4 is 0 Å². The van der Waals surface area contributed by atoms with Gasteiger partial charge in [0.15, 0.2) is 0 Å². The molecule has 3 heteroatoms. The van der Waals surface area contributed by atoms with E-state index in [2.05, 4.69) is 40.1 Å². The van der Waals surface area contributed by atoms with Crippen LogP contribution in [0.5, 0.6) is 5.75 Å². The van der Waals surface area contributed by atoms with Crippen LogP contribution in [0.2, 0.25) is 0 Å². The molecule has 0 amide bonds. The number of piperidine rings is 1. The normalized spacial score (nSPS) is 24.4. The monoisotopic (exact) mass is 278 g/mol. The lowest BCUT2D eigenvalue weighted by Gasteiger charge is -2.31. The second kappa shape index (κ2) is 6.59. The van der Waals surface area contributed by atoms with Crippen molar-refractivity contribution in [2.45, 2.75) is 39.3 Å². The highest BCUT2D eigenvalue weighted by Crippen LogP contribution is 2.23. The Labute approximate surface area is 123 Å². The molecule has 0 radical (unpaired) electrons. The maximum Gasteiger partial charge on any atom is 0.122 e. The maximum absolute atomic E-state index is 5.40. The van der Waals surface area contributed by atoms with Gasteiger partial charge in [0.1, 0.15) is 12.3 Å². The van der Waals surface area contributed by atoms with Gasteiger partial charge in [-0.25, -0.2) is 0 Å². The molecule has 1 heterocycles. The van der Waals surface area contributed by atoms with Gasteiger partial charge < -0.3 is 14.5 Å². The Morgan fingerprint density at radius 2 is 1.85 bits per heavy atom. The Kier molecular flexibility index (Phi) is 5.06. The predicted molar refractivity (Wildman–Crippen MR) is 82.7 cm³/mol. The molecule has 0 bridgehead atoms. The molecular weight excluding hydrogens is 248 g/mol. The average molecular weight is 278 g/mol. The van der Waals surface area contributed by atoms with Crippen molar-refractivity contribution < 1.29 is 14.5 Å². The number of ether oxygens (including phenoxy) is 1. The molecule has 0 spiro atoms. The Hall–Kier alpha value is -1.06. The van der Waals surface area contributed by atoms with Gasteiger partial charge in [0.05, 0.1) is 40.3 Å². The van der Waals surface area contributed by atoms with Crippen LogP contribution in [0.1, 0.15) is 29.5 Å². The molecule has 0 aromatic heterocycles. The average Bonchev–Trinajstić information content (AvgIpc) is 2.45. The smallest absolute Gasteiger partial charge is 0.122 e. The lowest BCUT2D eigenvalue weighted by Crippen LogP contribution is -3.17. The van der Waals surface area contributed by atoms with Gasteiger partial charge in [0.25, 0.3) is 0 Å². The summed E-state index contributed by atoms with van der Waals surface area (Å²) in [6.07, 6.45) is 2.71. The molecule has 1 aromatic carbocycles. The largest absolute Gasteiger partial charge is 0.496 e. The predicted octanol–water partition coefficient (Wildman–Crippen LogP) is 0.00384. The lowest BCUT2D eigenvalue weighted by atomic mass is 9.99. The highest BCUT2D eigenvalue weighted by Gasteiger charge is 2.26. The molecule has 0 aliphatic carbocycles. The zero-order valence-electron chi connectivity index (χ0n) is 13.7. The van der Waals surface area contributed by atoms with E-state index >= 15 is 0 Å². The number of methoxy groups -OCH3 is 1. The molecule has 20 heavy (non-hydrogen) atoms. The summed E-state index contributed by atoms with van der Waals surface area (Å²) in [7, 11) is 6.41. The second-order valence-corrected chi connectivity index (χ2v) is 6.43. The van der Waals surface area contributed by atoms with Gasteiger partial charge in [-0.1, -0.05) is 0 Å². The number of likely N-dealkylation sites (tertiary alicyclic amines) is 1. The fourth-order valence-corrected chi connectivity index (χ4v) is 3.31. The van der Waals surface area contributed by atoms with Crippen molar-refractivity contribution in [3.8, 4) is 5.75 Å². The number of benzene rings is 1. The summed E-state index contributed by atoms with van der Waals surface area (Å²) in [6.45, 7) is 8.15. The molecule has 2 N–H and O–H groups in total. The molecule has 2 rings (SSSR count). The fourth-order valence-electron chi connectivity index (χ4n) is 3.31. The lowest BCUT2D eigenvalue weighted by molar-refractivity contribution is -0.948. The van der Waals surface area contributed by atoms with Gasteiger partial charge in [-0.2, -0.15) is 0 Å². The topological polar surface area (TPSA) is 18.1 Å². The van der Waals surface area contributed by atoms with Gasteiger partial charge in [-0.05, 0) is 37.1 Å². The third kappa shape index (κ3) is 3.33. The summed E-state index contributed by atoms with van der Waals surface area (Å²) >= 11 is 0. The van der Waals surface area contributed by atoms with Crippen LogP contribution in [0.25, 0.3) is 0 Å². The minimum Gasteiger partial charge on any atom is -0.496 e. The highest BCUT2D eigenvalue weighted by atomic mass is 16.5. The Bertz CT molecular complexity index is 451. The maximum atomic E-state index is 5.40. The quantitative estimate of drug-likeness (QED) is 0.794. The second-order valence-electron chi connectivity index (χ2n) is 6.43. The number of rotatable bonds is 4. The minimum absolute atomic E-state index is 0.820. The first kappa shape index (κ1) is 15.3. The van der Waals surface area contributed by atoms with E-state index in [0.717, 1.165) is 18.3 Å². The van der Waals surface area contributed by atoms with Crippen LogP contribution in [0.3, 0.4) is 0 Å². The number of hydrogen-bond donors (Lipinski definition) is 2. The summed E-state index contributed by atoms with van der Waals surface area (Å²) in [5.74, 6) is 1.01. The summed E-state index contributed by atoms with van der Waals surface area (Å²) in [5.41, 5.74) is 4.14. The third-order valence-corrected chi connectivity index (χ3v) is 5.07.